The predicted molar refractivity (Wildman–Crippen MR) is 126 cm³/mol. The third-order valence-corrected chi connectivity index (χ3v) is 6.07. The molecular formula is C22H21Cl2N5O3. The number of aromatic nitrogens is 4. The number of nitrogens with zero attached hydrogens (tertiary/aromatic N) is 4. The van der Waals surface area contributed by atoms with Gasteiger partial charge in [0.2, 0.25) is 5.95 Å². The molecule has 2 N–H and O–H groups in total. The zero-order chi connectivity index (χ0) is 23.0. The molecule has 32 heavy (non-hydrogen) atoms. The van der Waals surface area contributed by atoms with Crippen molar-refractivity contribution < 1.29 is 5.11 Å². The number of aliphatic hydroxyl groups excluding tert-OH is 1. The second kappa shape index (κ2) is 8.82. The molecule has 2 aromatic carbocycles. The second-order valence-corrected chi connectivity index (χ2v) is 8.22. The number of hydrogen-bond acceptors (Lipinski definition) is 5. The van der Waals surface area contributed by atoms with Gasteiger partial charge in [0.25, 0.3) is 5.56 Å². The van der Waals surface area contributed by atoms with Gasteiger partial charge in [-0.2, -0.15) is 4.98 Å². The number of rotatable bonds is 6. The van der Waals surface area contributed by atoms with E-state index < -0.39 is 17.4 Å². The molecule has 0 fully saturated rings. The van der Waals surface area contributed by atoms with E-state index in [1.165, 1.54) is 11.6 Å². The van der Waals surface area contributed by atoms with Gasteiger partial charge in [0.1, 0.15) is 0 Å². The van der Waals surface area contributed by atoms with Gasteiger partial charge in [-0.05, 0) is 17.7 Å². The van der Waals surface area contributed by atoms with Gasteiger partial charge in [-0.15, -0.1) is 0 Å². The second-order valence-electron chi connectivity index (χ2n) is 7.41. The first-order chi connectivity index (χ1) is 15.3. The molecule has 2 heterocycles. The number of halogens is 2. The minimum Gasteiger partial charge on any atom is -0.387 e. The number of anilines is 1. The van der Waals surface area contributed by atoms with E-state index in [1.807, 2.05) is 30.3 Å². The molecule has 10 heteroatoms. The summed E-state index contributed by atoms with van der Waals surface area (Å²) in [5, 5.41) is 14.5. The molecule has 4 aromatic rings. The molecule has 0 amide bonds. The van der Waals surface area contributed by atoms with Gasteiger partial charge in [-0.1, -0.05) is 59.6 Å². The van der Waals surface area contributed by atoms with Crippen molar-refractivity contribution in [3.05, 3.63) is 90.5 Å². The van der Waals surface area contributed by atoms with E-state index in [1.54, 1.807) is 29.8 Å². The van der Waals surface area contributed by atoms with Crippen molar-refractivity contribution in [1.82, 2.24) is 18.7 Å². The Labute approximate surface area is 193 Å². The number of aryl methyl sites for hydroxylation is 1. The summed E-state index contributed by atoms with van der Waals surface area (Å²) in [6.45, 7) is 0.282. The van der Waals surface area contributed by atoms with Crippen LogP contribution in [0.15, 0.2) is 58.1 Å². The monoisotopic (exact) mass is 473 g/mol. The lowest BCUT2D eigenvalue weighted by Gasteiger charge is -2.15. The van der Waals surface area contributed by atoms with Crippen molar-refractivity contribution in [3.63, 3.8) is 0 Å². The van der Waals surface area contributed by atoms with Crippen LogP contribution < -0.4 is 16.6 Å². The fourth-order valence-electron chi connectivity index (χ4n) is 3.56. The van der Waals surface area contributed by atoms with E-state index in [-0.39, 0.29) is 24.3 Å². The number of benzene rings is 2. The Balaban J connectivity index is 1.83. The van der Waals surface area contributed by atoms with Gasteiger partial charge in [0.05, 0.1) is 12.6 Å². The molecule has 1 unspecified atom stereocenters. The first-order valence-electron chi connectivity index (χ1n) is 9.85. The average Bonchev–Trinajstić information content (AvgIpc) is 3.16. The zero-order valence-corrected chi connectivity index (χ0v) is 18.9. The highest BCUT2D eigenvalue weighted by molar-refractivity contribution is 6.36. The van der Waals surface area contributed by atoms with Crippen LogP contribution in [0, 0.1) is 0 Å². The molecule has 2 aromatic heterocycles. The first-order valence-corrected chi connectivity index (χ1v) is 10.6. The van der Waals surface area contributed by atoms with Crippen LogP contribution in [0.3, 0.4) is 0 Å². The van der Waals surface area contributed by atoms with E-state index in [0.717, 1.165) is 10.1 Å². The molecule has 0 bridgehead atoms. The highest BCUT2D eigenvalue weighted by Crippen LogP contribution is 2.28. The Morgan fingerprint density at radius 3 is 2.31 bits per heavy atom. The molecule has 4 rings (SSSR count). The smallest absolute Gasteiger partial charge is 0.332 e. The lowest BCUT2D eigenvalue weighted by atomic mass is 10.1. The molecule has 0 aliphatic carbocycles. The van der Waals surface area contributed by atoms with Crippen LogP contribution in [0.5, 0.6) is 0 Å². The van der Waals surface area contributed by atoms with Crippen LogP contribution in [0.1, 0.15) is 17.2 Å². The Kier molecular flexibility index (Phi) is 6.10. The lowest BCUT2D eigenvalue weighted by Crippen LogP contribution is -2.37. The highest BCUT2D eigenvalue weighted by Gasteiger charge is 2.21. The van der Waals surface area contributed by atoms with Crippen molar-refractivity contribution in [2.75, 3.05) is 11.9 Å². The van der Waals surface area contributed by atoms with Gasteiger partial charge in [0.15, 0.2) is 11.2 Å². The highest BCUT2D eigenvalue weighted by atomic mass is 35.5. The maximum absolute atomic E-state index is 13.0. The van der Waals surface area contributed by atoms with Crippen molar-refractivity contribution in [2.45, 2.75) is 12.6 Å². The molecule has 0 aliphatic heterocycles. The first kappa shape index (κ1) is 22.1. The van der Waals surface area contributed by atoms with Crippen LogP contribution in [0.25, 0.3) is 11.2 Å². The number of fused-ring (bicyclic) bond motifs is 1. The molecular weight excluding hydrogens is 453 g/mol. The van der Waals surface area contributed by atoms with Crippen molar-refractivity contribution in [3.8, 4) is 0 Å². The minimum atomic E-state index is -0.806. The van der Waals surface area contributed by atoms with E-state index >= 15 is 0 Å². The van der Waals surface area contributed by atoms with Crippen LogP contribution in [-0.2, 0) is 20.6 Å². The number of nitrogens with one attached hydrogen (secondary N) is 1. The third kappa shape index (κ3) is 3.92. The topological polar surface area (TPSA) is 94.1 Å². The van der Waals surface area contributed by atoms with E-state index in [9.17, 15) is 14.7 Å². The SMILES string of the molecule is Cn1c(=O)c2c(nc(NCC(O)c3ccccc3)n2Cc2c(Cl)cccc2Cl)n(C)c1=O. The minimum absolute atomic E-state index is 0.137. The molecule has 8 nitrogen and oxygen atoms in total. The number of hydrogen-bond donors (Lipinski definition) is 2. The third-order valence-electron chi connectivity index (χ3n) is 5.36. The fourth-order valence-corrected chi connectivity index (χ4v) is 4.07. The molecule has 0 saturated heterocycles. The summed E-state index contributed by atoms with van der Waals surface area (Å²) >= 11 is 12.7. The van der Waals surface area contributed by atoms with Crippen molar-refractivity contribution in [2.24, 2.45) is 14.1 Å². The van der Waals surface area contributed by atoms with Crippen molar-refractivity contribution >= 4 is 40.3 Å². The maximum Gasteiger partial charge on any atom is 0.332 e. The summed E-state index contributed by atoms with van der Waals surface area (Å²) in [6, 6.07) is 14.3. The summed E-state index contributed by atoms with van der Waals surface area (Å²) in [5.74, 6) is 0.310. The van der Waals surface area contributed by atoms with Crippen LogP contribution in [-0.4, -0.2) is 30.3 Å². The van der Waals surface area contributed by atoms with Gasteiger partial charge in [-0.25, -0.2) is 4.79 Å². The fraction of sp³-hybridized carbons (Fsp3) is 0.227. The Hall–Kier alpha value is -3.07. The van der Waals surface area contributed by atoms with Gasteiger partial charge in [-0.3, -0.25) is 18.5 Å². The average molecular weight is 474 g/mol. The standard InChI is InChI=1S/C22H21Cl2N5O3/c1-27-19-18(20(31)28(2)22(27)32)29(12-14-15(23)9-6-10-16(14)24)21(26-19)25-11-17(30)13-7-4-3-5-8-13/h3-10,17,30H,11-12H2,1-2H3,(H,25,26). The molecule has 0 saturated carbocycles. The van der Waals surface area contributed by atoms with E-state index in [0.29, 0.717) is 21.6 Å². The van der Waals surface area contributed by atoms with Crippen LogP contribution in [0.4, 0.5) is 5.95 Å². The summed E-state index contributed by atoms with van der Waals surface area (Å²) in [4.78, 5) is 29.9. The molecule has 0 aliphatic rings. The Morgan fingerprint density at radius 1 is 1.00 bits per heavy atom. The van der Waals surface area contributed by atoms with E-state index in [2.05, 4.69) is 10.3 Å². The largest absolute Gasteiger partial charge is 0.387 e. The van der Waals surface area contributed by atoms with Crippen LogP contribution >= 0.6 is 23.2 Å². The molecule has 0 spiro atoms. The van der Waals surface area contributed by atoms with Gasteiger partial charge >= 0.3 is 5.69 Å². The summed E-state index contributed by atoms with van der Waals surface area (Å²) in [7, 11) is 2.96. The lowest BCUT2D eigenvalue weighted by molar-refractivity contribution is 0.191. The number of aliphatic hydroxyl groups is 1. The zero-order valence-electron chi connectivity index (χ0n) is 17.4. The Bertz CT molecular complexity index is 1390. The quantitative estimate of drug-likeness (QED) is 0.448. The number of imidazole rings is 1. The van der Waals surface area contributed by atoms with E-state index in [4.69, 9.17) is 23.2 Å². The molecule has 1 atom stereocenters. The van der Waals surface area contributed by atoms with Gasteiger partial charge in [0, 0.05) is 36.2 Å². The normalized spacial score (nSPS) is 12.3. The van der Waals surface area contributed by atoms with Crippen molar-refractivity contribution in [1.29, 1.82) is 0 Å². The molecule has 0 radical (unpaired) electrons. The predicted octanol–water partition coefficient (Wildman–Crippen LogP) is 2.93. The summed E-state index contributed by atoms with van der Waals surface area (Å²) < 4.78 is 3.96. The molecule has 166 valence electrons. The summed E-state index contributed by atoms with van der Waals surface area (Å²) in [5.41, 5.74) is 0.812. The van der Waals surface area contributed by atoms with Crippen LogP contribution in [0.2, 0.25) is 10.0 Å². The summed E-state index contributed by atoms with van der Waals surface area (Å²) in [6.07, 6.45) is -0.806. The Morgan fingerprint density at radius 2 is 1.66 bits per heavy atom. The maximum atomic E-state index is 13.0. The van der Waals surface area contributed by atoms with Gasteiger partial charge < -0.3 is 10.4 Å².